The number of carbonyl (C=O) groups is 1. The van der Waals surface area contributed by atoms with Crippen molar-refractivity contribution in [2.24, 2.45) is 0 Å². The van der Waals surface area contributed by atoms with E-state index in [4.69, 9.17) is 21.1 Å². The Kier molecular flexibility index (Phi) is 8.33. The Morgan fingerprint density at radius 2 is 1.89 bits per heavy atom. The minimum absolute atomic E-state index is 0.00109. The van der Waals surface area contributed by atoms with Gasteiger partial charge in [0.05, 0.1) is 19.2 Å². The molecule has 0 aliphatic carbocycles. The first kappa shape index (κ1) is 26.5. The second-order valence-electron chi connectivity index (χ2n) is 8.97. The van der Waals surface area contributed by atoms with Gasteiger partial charge in [0, 0.05) is 37.3 Å². The molecular formula is C27H31ClN4O5. The van der Waals surface area contributed by atoms with Gasteiger partial charge in [0.2, 0.25) is 5.88 Å². The predicted molar refractivity (Wildman–Crippen MR) is 140 cm³/mol. The highest BCUT2D eigenvalue weighted by atomic mass is 35.5. The SMILES string of the molecule is CCCCCc1nc(O)c(C(=O)N2CCC(c3ccc(Cl)cn3)C2)c(=O)n1-c1c(OC)cccc1OC. The summed E-state index contributed by atoms with van der Waals surface area (Å²) >= 11 is 5.96. The Bertz CT molecular complexity index is 1300. The lowest BCUT2D eigenvalue weighted by Crippen LogP contribution is -2.37. The largest absolute Gasteiger partial charge is 0.494 e. The molecule has 3 aromatic rings. The first-order valence-corrected chi connectivity index (χ1v) is 12.7. The number of pyridine rings is 1. The molecule has 2 aromatic heterocycles. The van der Waals surface area contributed by atoms with Gasteiger partial charge in [-0.25, -0.2) is 0 Å². The molecule has 196 valence electrons. The zero-order chi connectivity index (χ0) is 26.5. The van der Waals surface area contributed by atoms with Gasteiger partial charge in [0.15, 0.2) is 5.56 Å². The van der Waals surface area contributed by atoms with Crippen molar-refractivity contribution in [3.63, 3.8) is 0 Å². The number of aryl methyl sites for hydroxylation is 1. The van der Waals surface area contributed by atoms with Crippen molar-refractivity contribution in [3.8, 4) is 23.1 Å². The van der Waals surface area contributed by atoms with Crippen LogP contribution in [0.25, 0.3) is 5.69 Å². The second-order valence-corrected chi connectivity index (χ2v) is 9.41. The Morgan fingerprint density at radius 3 is 2.51 bits per heavy atom. The number of ether oxygens (including phenoxy) is 2. The number of amides is 1. The van der Waals surface area contributed by atoms with E-state index in [-0.39, 0.29) is 11.5 Å². The number of para-hydroxylation sites is 1. The molecule has 0 saturated carbocycles. The molecule has 1 aliphatic heterocycles. The van der Waals surface area contributed by atoms with Gasteiger partial charge < -0.3 is 19.5 Å². The molecule has 1 amide bonds. The first-order chi connectivity index (χ1) is 17.9. The molecule has 0 spiro atoms. The van der Waals surface area contributed by atoms with Crippen LogP contribution in [0.4, 0.5) is 0 Å². The maximum Gasteiger partial charge on any atom is 0.275 e. The van der Waals surface area contributed by atoms with Crippen LogP contribution in [0.3, 0.4) is 0 Å². The number of rotatable bonds is 9. The van der Waals surface area contributed by atoms with Gasteiger partial charge >= 0.3 is 0 Å². The molecule has 0 bridgehead atoms. The molecule has 37 heavy (non-hydrogen) atoms. The molecule has 1 atom stereocenters. The average Bonchev–Trinajstić information content (AvgIpc) is 3.39. The summed E-state index contributed by atoms with van der Waals surface area (Å²) in [5, 5.41) is 11.4. The van der Waals surface area contributed by atoms with Gasteiger partial charge in [0.1, 0.15) is 23.0 Å². The van der Waals surface area contributed by atoms with Crippen LogP contribution in [0.5, 0.6) is 17.4 Å². The number of hydrogen-bond acceptors (Lipinski definition) is 7. The van der Waals surface area contributed by atoms with Gasteiger partial charge in [-0.3, -0.25) is 19.1 Å². The summed E-state index contributed by atoms with van der Waals surface area (Å²) in [5.41, 5.74) is 0.122. The fourth-order valence-corrected chi connectivity index (χ4v) is 4.81. The highest BCUT2D eigenvalue weighted by Gasteiger charge is 2.34. The van der Waals surface area contributed by atoms with Crippen LogP contribution >= 0.6 is 11.6 Å². The molecular weight excluding hydrogens is 496 g/mol. The van der Waals surface area contributed by atoms with Crippen molar-refractivity contribution < 1.29 is 19.4 Å². The number of methoxy groups -OCH3 is 2. The van der Waals surface area contributed by atoms with Crippen LogP contribution in [0.1, 0.15) is 60.4 Å². The third kappa shape index (κ3) is 5.41. The summed E-state index contributed by atoms with van der Waals surface area (Å²) in [7, 11) is 2.99. The molecule has 1 saturated heterocycles. The van der Waals surface area contributed by atoms with Gasteiger partial charge in [-0.05, 0) is 37.1 Å². The third-order valence-corrected chi connectivity index (χ3v) is 6.84. The average molecular weight is 527 g/mol. The number of aromatic hydroxyl groups is 1. The van der Waals surface area contributed by atoms with E-state index in [0.29, 0.717) is 54.0 Å². The molecule has 1 aliphatic rings. The van der Waals surface area contributed by atoms with Crippen LogP contribution in [-0.2, 0) is 6.42 Å². The summed E-state index contributed by atoms with van der Waals surface area (Å²) in [5.74, 6) is -0.0340. The summed E-state index contributed by atoms with van der Waals surface area (Å²) in [6.45, 7) is 2.86. The number of halogens is 1. The van der Waals surface area contributed by atoms with Crippen LogP contribution in [0.15, 0.2) is 41.3 Å². The fraction of sp³-hybridized carbons (Fsp3) is 0.407. The van der Waals surface area contributed by atoms with E-state index < -0.39 is 17.3 Å². The highest BCUT2D eigenvalue weighted by Crippen LogP contribution is 2.34. The second kappa shape index (κ2) is 11.6. The number of likely N-dealkylation sites (tertiary alicyclic amines) is 1. The van der Waals surface area contributed by atoms with Crippen LogP contribution < -0.4 is 15.0 Å². The fourth-order valence-electron chi connectivity index (χ4n) is 4.70. The van der Waals surface area contributed by atoms with Gasteiger partial charge in [-0.2, -0.15) is 4.98 Å². The minimum atomic E-state index is -0.667. The Hall–Kier alpha value is -3.59. The normalized spacial score (nSPS) is 15.1. The third-order valence-electron chi connectivity index (χ3n) is 6.62. The number of nitrogens with zero attached hydrogens (tertiary/aromatic N) is 4. The van der Waals surface area contributed by atoms with Crippen molar-refractivity contribution in [1.82, 2.24) is 19.4 Å². The van der Waals surface area contributed by atoms with Crippen LogP contribution in [-0.4, -0.2) is 57.8 Å². The van der Waals surface area contributed by atoms with Crippen molar-refractivity contribution in [3.05, 3.63) is 69.0 Å². The Balaban J connectivity index is 1.77. The van der Waals surface area contributed by atoms with Gasteiger partial charge in [-0.1, -0.05) is 37.4 Å². The van der Waals surface area contributed by atoms with E-state index in [2.05, 4.69) is 16.9 Å². The van der Waals surface area contributed by atoms with Crippen molar-refractivity contribution in [1.29, 1.82) is 0 Å². The van der Waals surface area contributed by atoms with E-state index >= 15 is 0 Å². The van der Waals surface area contributed by atoms with E-state index in [1.807, 2.05) is 6.07 Å². The molecule has 3 heterocycles. The summed E-state index contributed by atoms with van der Waals surface area (Å²) < 4.78 is 12.4. The molecule has 9 nitrogen and oxygen atoms in total. The van der Waals surface area contributed by atoms with E-state index in [1.54, 1.807) is 35.4 Å². The Morgan fingerprint density at radius 1 is 1.16 bits per heavy atom. The lowest BCUT2D eigenvalue weighted by Gasteiger charge is -2.21. The van der Waals surface area contributed by atoms with Gasteiger partial charge in [-0.15, -0.1) is 0 Å². The van der Waals surface area contributed by atoms with E-state index in [0.717, 1.165) is 25.0 Å². The molecule has 1 aromatic carbocycles. The summed E-state index contributed by atoms with van der Waals surface area (Å²) in [6.07, 6.45) is 5.35. The van der Waals surface area contributed by atoms with Crippen LogP contribution in [0, 0.1) is 0 Å². The van der Waals surface area contributed by atoms with E-state index in [1.165, 1.54) is 18.8 Å². The highest BCUT2D eigenvalue weighted by molar-refractivity contribution is 6.30. The van der Waals surface area contributed by atoms with E-state index in [9.17, 15) is 14.7 Å². The lowest BCUT2D eigenvalue weighted by molar-refractivity contribution is 0.0784. The molecule has 1 N–H and O–H groups in total. The Labute approximate surface area is 220 Å². The number of benzene rings is 1. The summed E-state index contributed by atoms with van der Waals surface area (Å²) in [6, 6.07) is 8.77. The zero-order valence-corrected chi connectivity index (χ0v) is 22.0. The predicted octanol–water partition coefficient (Wildman–Crippen LogP) is 4.37. The zero-order valence-electron chi connectivity index (χ0n) is 21.2. The number of aromatic nitrogens is 3. The van der Waals surface area contributed by atoms with Crippen molar-refractivity contribution >= 4 is 17.5 Å². The van der Waals surface area contributed by atoms with Crippen molar-refractivity contribution in [2.75, 3.05) is 27.3 Å². The molecule has 4 rings (SSSR count). The smallest absolute Gasteiger partial charge is 0.275 e. The number of hydrogen-bond donors (Lipinski definition) is 1. The minimum Gasteiger partial charge on any atom is -0.494 e. The molecule has 1 unspecified atom stereocenters. The maximum atomic E-state index is 13.9. The molecule has 1 fully saturated rings. The first-order valence-electron chi connectivity index (χ1n) is 12.4. The number of unbranched alkanes of at least 4 members (excludes halogenated alkanes) is 2. The number of carbonyl (C=O) groups excluding carboxylic acids is 1. The topological polar surface area (TPSA) is 107 Å². The molecule has 10 heteroatoms. The van der Waals surface area contributed by atoms with Crippen LogP contribution in [0.2, 0.25) is 5.02 Å². The summed E-state index contributed by atoms with van der Waals surface area (Å²) in [4.78, 5) is 37.8. The quantitative estimate of drug-likeness (QED) is 0.413. The monoisotopic (exact) mass is 526 g/mol. The maximum absolute atomic E-state index is 13.9. The standard InChI is InChI=1S/C27H31ClN4O5/c1-4-5-6-10-22-30-25(33)23(27(35)32(22)24-20(36-2)8-7-9-21(24)37-3)26(34)31-14-13-17(16-31)19-12-11-18(28)15-29-19/h7-9,11-12,15,17,33H,4-6,10,13-14,16H2,1-3H3. The van der Waals surface area contributed by atoms with Crippen molar-refractivity contribution in [2.45, 2.75) is 44.9 Å². The lowest BCUT2D eigenvalue weighted by atomic mass is 10.0. The molecule has 0 radical (unpaired) electrons. The van der Waals surface area contributed by atoms with Gasteiger partial charge in [0.25, 0.3) is 11.5 Å².